The number of esters is 1. The van der Waals surface area contributed by atoms with Gasteiger partial charge in [0, 0.05) is 4.90 Å². The molecular weight excluding hydrogens is 236 g/mol. The number of ether oxygens (including phenoxy) is 2. The van der Waals surface area contributed by atoms with E-state index in [1.54, 1.807) is 0 Å². The molecule has 0 atom stereocenters. The summed E-state index contributed by atoms with van der Waals surface area (Å²) in [7, 11) is 1.35. The molecule has 0 bridgehead atoms. The van der Waals surface area contributed by atoms with Crippen molar-refractivity contribution in [3.05, 3.63) is 23.8 Å². The Morgan fingerprint density at radius 3 is 2.82 bits per heavy atom. The standard InChI is InChI=1S/C13H18O3S/c1-3-4-5-10-8-11(17)6-7-12(10)16-9-13(14)15-2/h6-8,17H,3-5,9H2,1-2H3. The Balaban J connectivity index is 2.71. The molecule has 1 aromatic carbocycles. The van der Waals surface area contributed by atoms with E-state index in [1.165, 1.54) is 7.11 Å². The van der Waals surface area contributed by atoms with E-state index in [0.29, 0.717) is 0 Å². The highest BCUT2D eigenvalue weighted by molar-refractivity contribution is 7.80. The third kappa shape index (κ3) is 4.69. The van der Waals surface area contributed by atoms with Gasteiger partial charge < -0.3 is 9.47 Å². The van der Waals surface area contributed by atoms with Gasteiger partial charge in [-0.2, -0.15) is 0 Å². The van der Waals surface area contributed by atoms with Crippen molar-refractivity contribution in [1.29, 1.82) is 0 Å². The van der Waals surface area contributed by atoms with Crippen molar-refractivity contribution in [2.75, 3.05) is 13.7 Å². The van der Waals surface area contributed by atoms with E-state index in [9.17, 15) is 4.79 Å². The number of benzene rings is 1. The number of thiol groups is 1. The zero-order chi connectivity index (χ0) is 12.7. The molecule has 17 heavy (non-hydrogen) atoms. The van der Waals surface area contributed by atoms with Gasteiger partial charge in [-0.15, -0.1) is 12.6 Å². The molecule has 3 nitrogen and oxygen atoms in total. The quantitative estimate of drug-likeness (QED) is 0.626. The van der Waals surface area contributed by atoms with Crippen LogP contribution in [0.3, 0.4) is 0 Å². The van der Waals surface area contributed by atoms with Crippen LogP contribution in [-0.4, -0.2) is 19.7 Å². The number of aryl methyl sites for hydroxylation is 1. The van der Waals surface area contributed by atoms with Gasteiger partial charge in [-0.1, -0.05) is 13.3 Å². The van der Waals surface area contributed by atoms with Gasteiger partial charge in [-0.05, 0) is 36.6 Å². The summed E-state index contributed by atoms with van der Waals surface area (Å²) in [6.45, 7) is 2.08. The lowest BCUT2D eigenvalue weighted by Crippen LogP contribution is -2.13. The van der Waals surface area contributed by atoms with Gasteiger partial charge in [0.05, 0.1) is 7.11 Å². The minimum absolute atomic E-state index is 0.0540. The van der Waals surface area contributed by atoms with Gasteiger partial charge in [0.2, 0.25) is 0 Å². The van der Waals surface area contributed by atoms with Crippen molar-refractivity contribution in [3.8, 4) is 5.75 Å². The van der Waals surface area contributed by atoms with Crippen LogP contribution >= 0.6 is 12.6 Å². The summed E-state index contributed by atoms with van der Waals surface area (Å²) >= 11 is 4.30. The molecule has 0 aliphatic heterocycles. The molecule has 0 radical (unpaired) electrons. The Labute approximate surface area is 108 Å². The minimum Gasteiger partial charge on any atom is -0.482 e. The largest absolute Gasteiger partial charge is 0.482 e. The first-order valence-corrected chi connectivity index (χ1v) is 6.13. The lowest BCUT2D eigenvalue weighted by molar-refractivity contribution is -0.142. The fourth-order valence-corrected chi connectivity index (χ4v) is 1.70. The van der Waals surface area contributed by atoms with E-state index < -0.39 is 0 Å². The second-order valence-electron chi connectivity index (χ2n) is 3.76. The highest BCUT2D eigenvalue weighted by Gasteiger charge is 2.07. The Hall–Kier alpha value is -1.16. The molecule has 0 fully saturated rings. The molecule has 0 unspecified atom stereocenters. The molecule has 1 rings (SSSR count). The van der Waals surface area contributed by atoms with Crippen molar-refractivity contribution >= 4 is 18.6 Å². The summed E-state index contributed by atoms with van der Waals surface area (Å²) in [4.78, 5) is 11.9. The highest BCUT2D eigenvalue weighted by Crippen LogP contribution is 2.23. The van der Waals surface area contributed by atoms with E-state index in [2.05, 4.69) is 24.3 Å². The van der Waals surface area contributed by atoms with Crippen LogP contribution in [0.25, 0.3) is 0 Å². The van der Waals surface area contributed by atoms with Crippen LogP contribution in [-0.2, 0) is 16.0 Å². The molecule has 0 aromatic heterocycles. The maximum Gasteiger partial charge on any atom is 0.343 e. The van der Waals surface area contributed by atoms with Gasteiger partial charge >= 0.3 is 5.97 Å². The number of carbonyl (C=O) groups excluding carboxylic acids is 1. The minimum atomic E-state index is -0.374. The van der Waals surface area contributed by atoms with Crippen LogP contribution in [0.5, 0.6) is 5.75 Å². The lowest BCUT2D eigenvalue weighted by atomic mass is 10.1. The molecule has 0 N–H and O–H groups in total. The average Bonchev–Trinajstić information content (AvgIpc) is 2.34. The second-order valence-corrected chi connectivity index (χ2v) is 4.28. The fourth-order valence-electron chi connectivity index (χ4n) is 1.46. The fraction of sp³-hybridized carbons (Fsp3) is 0.462. The lowest BCUT2D eigenvalue weighted by Gasteiger charge is -2.11. The van der Waals surface area contributed by atoms with E-state index in [1.807, 2.05) is 18.2 Å². The maximum atomic E-state index is 11.0. The zero-order valence-electron chi connectivity index (χ0n) is 10.2. The van der Waals surface area contributed by atoms with E-state index in [0.717, 1.165) is 35.5 Å². The Bertz CT molecular complexity index is 377. The van der Waals surface area contributed by atoms with Crippen LogP contribution in [0.15, 0.2) is 23.1 Å². The molecule has 94 valence electrons. The van der Waals surface area contributed by atoms with Gasteiger partial charge in [-0.3, -0.25) is 0 Å². The number of unbranched alkanes of at least 4 members (excludes halogenated alkanes) is 1. The highest BCUT2D eigenvalue weighted by atomic mass is 32.1. The average molecular weight is 254 g/mol. The number of carbonyl (C=O) groups is 1. The summed E-state index contributed by atoms with van der Waals surface area (Å²) in [5.41, 5.74) is 1.09. The third-order valence-corrected chi connectivity index (χ3v) is 2.70. The van der Waals surface area contributed by atoms with Crippen LogP contribution in [0.1, 0.15) is 25.3 Å². The Morgan fingerprint density at radius 2 is 2.18 bits per heavy atom. The van der Waals surface area contributed by atoms with E-state index in [4.69, 9.17) is 4.74 Å². The molecule has 4 heteroatoms. The van der Waals surface area contributed by atoms with Crippen molar-refractivity contribution in [3.63, 3.8) is 0 Å². The Kier molecular flexibility index (Phi) is 5.91. The van der Waals surface area contributed by atoms with Gasteiger partial charge in [0.15, 0.2) is 6.61 Å². The van der Waals surface area contributed by atoms with Gasteiger partial charge in [0.25, 0.3) is 0 Å². The summed E-state index contributed by atoms with van der Waals surface area (Å²) in [6.07, 6.45) is 3.14. The SMILES string of the molecule is CCCCc1cc(S)ccc1OCC(=O)OC. The smallest absolute Gasteiger partial charge is 0.343 e. The van der Waals surface area contributed by atoms with E-state index in [-0.39, 0.29) is 12.6 Å². The predicted molar refractivity (Wildman–Crippen MR) is 69.8 cm³/mol. The normalized spacial score (nSPS) is 10.1. The molecule has 0 aliphatic rings. The number of hydrogen-bond donors (Lipinski definition) is 1. The number of hydrogen-bond acceptors (Lipinski definition) is 4. The second kappa shape index (κ2) is 7.22. The van der Waals surface area contributed by atoms with Crippen LogP contribution in [0, 0.1) is 0 Å². The maximum absolute atomic E-state index is 11.0. The first-order chi connectivity index (χ1) is 8.17. The Morgan fingerprint density at radius 1 is 1.41 bits per heavy atom. The van der Waals surface area contributed by atoms with E-state index >= 15 is 0 Å². The summed E-state index contributed by atoms with van der Waals surface area (Å²) in [5, 5.41) is 0. The monoisotopic (exact) mass is 254 g/mol. The van der Waals surface area contributed by atoms with Gasteiger partial charge in [-0.25, -0.2) is 4.79 Å². The molecular formula is C13H18O3S. The molecule has 0 saturated carbocycles. The summed E-state index contributed by atoms with van der Waals surface area (Å²) < 4.78 is 9.97. The van der Waals surface area contributed by atoms with Gasteiger partial charge in [0.1, 0.15) is 5.75 Å². The molecule has 0 aliphatic carbocycles. The van der Waals surface area contributed by atoms with Crippen LogP contribution in [0.2, 0.25) is 0 Å². The van der Waals surface area contributed by atoms with Crippen molar-refractivity contribution in [2.45, 2.75) is 31.1 Å². The number of rotatable bonds is 6. The molecule has 0 heterocycles. The number of methoxy groups -OCH3 is 1. The molecule has 0 saturated heterocycles. The molecule has 1 aromatic rings. The zero-order valence-corrected chi connectivity index (χ0v) is 11.1. The first-order valence-electron chi connectivity index (χ1n) is 5.69. The van der Waals surface area contributed by atoms with Crippen LogP contribution < -0.4 is 4.74 Å². The first kappa shape index (κ1) is 13.9. The summed E-state index contributed by atoms with van der Waals surface area (Å²) in [6, 6.07) is 5.67. The third-order valence-electron chi connectivity index (χ3n) is 2.42. The van der Waals surface area contributed by atoms with Crippen molar-refractivity contribution in [2.24, 2.45) is 0 Å². The molecule has 0 spiro atoms. The molecule has 0 amide bonds. The van der Waals surface area contributed by atoms with Crippen molar-refractivity contribution in [1.82, 2.24) is 0 Å². The predicted octanol–water partition coefficient (Wildman–Crippen LogP) is 2.87. The van der Waals surface area contributed by atoms with Crippen LogP contribution in [0.4, 0.5) is 0 Å². The topological polar surface area (TPSA) is 35.5 Å². The van der Waals surface area contributed by atoms with Crippen molar-refractivity contribution < 1.29 is 14.3 Å². The summed E-state index contributed by atoms with van der Waals surface area (Å²) in [5.74, 6) is 0.364.